The Balaban J connectivity index is 2.18. The first-order valence-corrected chi connectivity index (χ1v) is 7.24. The summed E-state index contributed by atoms with van der Waals surface area (Å²) in [6.45, 7) is 0.112. The maximum Gasteiger partial charge on any atom is 0.330 e. The molecule has 0 aliphatic heterocycles. The Morgan fingerprint density at radius 3 is 2.58 bits per heavy atom. The number of carbonyl (C=O) groups excluding carboxylic acids is 1. The molecule has 6 nitrogen and oxygen atoms in total. The Labute approximate surface area is 138 Å². The van der Waals surface area contributed by atoms with Crippen molar-refractivity contribution >= 4 is 12.0 Å². The van der Waals surface area contributed by atoms with Crippen LogP contribution in [0.1, 0.15) is 11.1 Å². The van der Waals surface area contributed by atoms with Crippen molar-refractivity contribution in [2.24, 2.45) is 14.1 Å². The van der Waals surface area contributed by atoms with Gasteiger partial charge >= 0.3 is 5.69 Å². The number of hydrogen-bond donors (Lipinski definition) is 0. The fourth-order valence-corrected chi connectivity index (χ4v) is 2.20. The monoisotopic (exact) mass is 331 g/mol. The Kier molecular flexibility index (Phi) is 5.13. The molecule has 0 bridgehead atoms. The fourth-order valence-electron chi connectivity index (χ4n) is 2.20. The van der Waals surface area contributed by atoms with Crippen LogP contribution in [0, 0.1) is 5.82 Å². The van der Waals surface area contributed by atoms with Crippen LogP contribution in [0.2, 0.25) is 0 Å². The van der Waals surface area contributed by atoms with Gasteiger partial charge in [-0.2, -0.15) is 0 Å². The van der Waals surface area contributed by atoms with Crippen molar-refractivity contribution < 1.29 is 9.18 Å². The van der Waals surface area contributed by atoms with Gasteiger partial charge < -0.3 is 9.47 Å². The first-order chi connectivity index (χ1) is 11.3. The van der Waals surface area contributed by atoms with Crippen molar-refractivity contribution in [2.75, 3.05) is 7.05 Å². The quantitative estimate of drug-likeness (QED) is 0.782. The second-order valence-electron chi connectivity index (χ2n) is 5.46. The summed E-state index contributed by atoms with van der Waals surface area (Å²) >= 11 is 0. The average molecular weight is 331 g/mol. The summed E-state index contributed by atoms with van der Waals surface area (Å²) in [6, 6.07) is 6.21. The highest BCUT2D eigenvalue weighted by Crippen LogP contribution is 2.09. The number of benzene rings is 1. The highest BCUT2D eigenvalue weighted by molar-refractivity contribution is 5.91. The zero-order valence-electron chi connectivity index (χ0n) is 13.7. The van der Waals surface area contributed by atoms with Crippen LogP contribution in [0.25, 0.3) is 6.08 Å². The first-order valence-electron chi connectivity index (χ1n) is 7.24. The van der Waals surface area contributed by atoms with Gasteiger partial charge in [0.1, 0.15) is 5.82 Å². The first kappa shape index (κ1) is 17.4. The second-order valence-corrected chi connectivity index (χ2v) is 5.46. The van der Waals surface area contributed by atoms with E-state index in [1.807, 2.05) is 0 Å². The molecule has 0 unspecified atom stereocenters. The number of nitrogens with zero attached hydrogens (tertiary/aromatic N) is 3. The number of hydrogen-bond acceptors (Lipinski definition) is 3. The van der Waals surface area contributed by atoms with Gasteiger partial charge in [-0.1, -0.05) is 18.2 Å². The molecule has 0 aliphatic rings. The maximum atomic E-state index is 13.6. The molecule has 0 N–H and O–H groups in total. The summed E-state index contributed by atoms with van der Waals surface area (Å²) in [5, 5.41) is 0. The fraction of sp³-hybridized carbons (Fsp3) is 0.235. The molecule has 1 heterocycles. The molecule has 1 aromatic heterocycles. The van der Waals surface area contributed by atoms with Crippen LogP contribution in [-0.2, 0) is 25.4 Å². The highest BCUT2D eigenvalue weighted by Gasteiger charge is 2.10. The molecule has 0 aliphatic carbocycles. The Bertz CT molecular complexity index is 912. The number of rotatable bonds is 4. The van der Waals surface area contributed by atoms with Crippen LogP contribution in [0.3, 0.4) is 0 Å². The third-order valence-electron chi connectivity index (χ3n) is 3.62. The van der Waals surface area contributed by atoms with Gasteiger partial charge in [0.05, 0.1) is 5.56 Å². The number of halogens is 1. The van der Waals surface area contributed by atoms with E-state index in [0.717, 1.165) is 4.57 Å². The summed E-state index contributed by atoms with van der Waals surface area (Å²) < 4.78 is 15.8. The molecule has 0 saturated carbocycles. The van der Waals surface area contributed by atoms with E-state index in [2.05, 4.69) is 0 Å². The topological polar surface area (TPSA) is 64.3 Å². The van der Waals surface area contributed by atoms with Crippen LogP contribution in [0.4, 0.5) is 4.39 Å². The molecular formula is C17H18FN3O3. The van der Waals surface area contributed by atoms with Crippen molar-refractivity contribution in [3.63, 3.8) is 0 Å². The lowest BCUT2D eigenvalue weighted by atomic mass is 10.2. The molecule has 1 aromatic carbocycles. The zero-order chi connectivity index (χ0) is 17.9. The lowest BCUT2D eigenvalue weighted by Crippen LogP contribution is -2.37. The maximum absolute atomic E-state index is 13.6. The molecule has 2 aromatic rings. The predicted molar refractivity (Wildman–Crippen MR) is 88.8 cm³/mol. The second kappa shape index (κ2) is 7.08. The van der Waals surface area contributed by atoms with E-state index < -0.39 is 11.2 Å². The molecular weight excluding hydrogens is 313 g/mol. The van der Waals surface area contributed by atoms with E-state index >= 15 is 0 Å². The zero-order valence-corrected chi connectivity index (χ0v) is 13.7. The van der Waals surface area contributed by atoms with Crippen LogP contribution in [-0.4, -0.2) is 27.0 Å². The lowest BCUT2D eigenvalue weighted by Gasteiger charge is -2.15. The van der Waals surface area contributed by atoms with E-state index in [1.54, 1.807) is 18.2 Å². The minimum atomic E-state index is -0.487. The van der Waals surface area contributed by atoms with Crippen molar-refractivity contribution in [3.8, 4) is 0 Å². The van der Waals surface area contributed by atoms with Crippen LogP contribution < -0.4 is 11.2 Å². The summed E-state index contributed by atoms with van der Waals surface area (Å²) in [5.74, 6) is -0.762. The van der Waals surface area contributed by atoms with E-state index in [1.165, 1.54) is 55.0 Å². The van der Waals surface area contributed by atoms with Crippen molar-refractivity contribution in [1.29, 1.82) is 0 Å². The average Bonchev–Trinajstić information content (AvgIpc) is 2.56. The van der Waals surface area contributed by atoms with Gasteiger partial charge in [0.15, 0.2) is 0 Å². The largest absolute Gasteiger partial charge is 0.338 e. The predicted octanol–water partition coefficient (Wildman–Crippen LogP) is 0.895. The lowest BCUT2D eigenvalue weighted by molar-refractivity contribution is -0.125. The van der Waals surface area contributed by atoms with Gasteiger partial charge in [0.25, 0.3) is 5.56 Å². The third kappa shape index (κ3) is 3.68. The minimum Gasteiger partial charge on any atom is -0.338 e. The third-order valence-corrected chi connectivity index (χ3v) is 3.62. The number of amides is 1. The van der Waals surface area contributed by atoms with E-state index in [-0.39, 0.29) is 23.8 Å². The molecule has 2 rings (SSSR count). The molecule has 0 saturated heterocycles. The molecule has 7 heteroatoms. The van der Waals surface area contributed by atoms with Gasteiger partial charge in [0.2, 0.25) is 5.91 Å². The van der Waals surface area contributed by atoms with Gasteiger partial charge in [-0.3, -0.25) is 14.2 Å². The normalized spacial score (nSPS) is 11.0. The molecule has 0 radical (unpaired) electrons. The highest BCUT2D eigenvalue weighted by atomic mass is 19.1. The number of aromatic nitrogens is 2. The van der Waals surface area contributed by atoms with Crippen molar-refractivity contribution in [3.05, 3.63) is 74.3 Å². The van der Waals surface area contributed by atoms with E-state index in [0.29, 0.717) is 5.56 Å². The van der Waals surface area contributed by atoms with Crippen molar-refractivity contribution in [1.82, 2.24) is 14.0 Å². The van der Waals surface area contributed by atoms with Gasteiger partial charge in [-0.25, -0.2) is 9.18 Å². The summed E-state index contributed by atoms with van der Waals surface area (Å²) in [4.78, 5) is 37.1. The van der Waals surface area contributed by atoms with Crippen LogP contribution in [0.15, 0.2) is 46.1 Å². The standard InChI is InChI=1S/C17H18FN3O3/c1-19(10-12-6-4-5-7-14(12)18)15(22)9-8-13-11-20(2)17(24)21(3)16(13)23/h4-9,11H,10H2,1-3H3. The Hall–Kier alpha value is -2.96. The van der Waals surface area contributed by atoms with Crippen LogP contribution in [0.5, 0.6) is 0 Å². The number of carbonyl (C=O) groups is 1. The molecule has 0 atom stereocenters. The van der Waals surface area contributed by atoms with Gasteiger partial charge in [0, 0.05) is 45.5 Å². The van der Waals surface area contributed by atoms with Crippen LogP contribution >= 0.6 is 0 Å². The van der Waals surface area contributed by atoms with E-state index in [9.17, 15) is 18.8 Å². The smallest absolute Gasteiger partial charge is 0.330 e. The number of aryl methyl sites for hydroxylation is 1. The molecule has 0 fully saturated rings. The molecule has 0 spiro atoms. The summed E-state index contributed by atoms with van der Waals surface area (Å²) in [5.41, 5.74) is -0.314. The van der Waals surface area contributed by atoms with Gasteiger partial charge in [-0.05, 0) is 12.1 Å². The Morgan fingerprint density at radius 2 is 1.92 bits per heavy atom. The molecule has 126 valence electrons. The molecule has 1 amide bonds. The van der Waals surface area contributed by atoms with E-state index in [4.69, 9.17) is 0 Å². The summed E-state index contributed by atoms with van der Waals surface area (Å²) in [6.07, 6.45) is 3.94. The Morgan fingerprint density at radius 1 is 1.25 bits per heavy atom. The minimum absolute atomic E-state index is 0.112. The van der Waals surface area contributed by atoms with Gasteiger partial charge in [-0.15, -0.1) is 0 Å². The summed E-state index contributed by atoms with van der Waals surface area (Å²) in [7, 11) is 4.43. The molecule has 24 heavy (non-hydrogen) atoms. The SMILES string of the molecule is CN(Cc1ccccc1F)C(=O)C=Cc1cn(C)c(=O)n(C)c1=O. The van der Waals surface area contributed by atoms with Crippen molar-refractivity contribution in [2.45, 2.75) is 6.54 Å². The number of likely N-dealkylation sites (N-methyl/N-ethyl adjacent to an activating group) is 1.